The highest BCUT2D eigenvalue weighted by Crippen LogP contribution is 2.26. The van der Waals surface area contributed by atoms with E-state index >= 15 is 0 Å². The molecular formula is C20H21FN4O3. The molecule has 2 aromatic carbocycles. The number of anilines is 1. The summed E-state index contributed by atoms with van der Waals surface area (Å²) in [5.41, 5.74) is 4.03. The van der Waals surface area contributed by atoms with Gasteiger partial charge in [0, 0.05) is 42.0 Å². The lowest BCUT2D eigenvalue weighted by atomic mass is 10.1. The van der Waals surface area contributed by atoms with Crippen LogP contribution in [0.1, 0.15) is 41.6 Å². The molecule has 0 aromatic heterocycles. The van der Waals surface area contributed by atoms with E-state index in [2.05, 4.69) is 15.4 Å². The van der Waals surface area contributed by atoms with Crippen molar-refractivity contribution in [3.8, 4) is 0 Å². The summed E-state index contributed by atoms with van der Waals surface area (Å²) in [6.45, 7) is 1.75. The SMILES string of the molecule is O=C(N/N=C\c1cc([N+](=O)[O-])ccc1N1CCCCCC1)c1ccc(F)cc1. The first-order chi connectivity index (χ1) is 13.5. The van der Waals surface area contributed by atoms with E-state index in [1.54, 1.807) is 6.07 Å². The van der Waals surface area contributed by atoms with Crippen molar-refractivity contribution in [2.24, 2.45) is 5.10 Å². The van der Waals surface area contributed by atoms with Crippen molar-refractivity contribution < 1.29 is 14.1 Å². The molecule has 8 heteroatoms. The first-order valence-electron chi connectivity index (χ1n) is 9.17. The van der Waals surface area contributed by atoms with Crippen molar-refractivity contribution in [2.75, 3.05) is 18.0 Å². The van der Waals surface area contributed by atoms with E-state index in [1.807, 2.05) is 0 Å². The minimum atomic E-state index is -0.488. The Bertz CT molecular complexity index is 876. The molecule has 1 aliphatic rings. The minimum Gasteiger partial charge on any atom is -0.371 e. The number of nitrogens with one attached hydrogen (secondary N) is 1. The molecule has 1 aliphatic heterocycles. The lowest BCUT2D eigenvalue weighted by molar-refractivity contribution is -0.384. The number of nitrogens with zero attached hydrogens (tertiary/aromatic N) is 3. The van der Waals surface area contributed by atoms with Crippen LogP contribution in [0.3, 0.4) is 0 Å². The number of halogens is 1. The molecular weight excluding hydrogens is 363 g/mol. The van der Waals surface area contributed by atoms with Crippen molar-refractivity contribution in [2.45, 2.75) is 25.7 Å². The van der Waals surface area contributed by atoms with E-state index in [0.29, 0.717) is 5.56 Å². The van der Waals surface area contributed by atoms with E-state index in [-0.39, 0.29) is 11.3 Å². The molecule has 2 aromatic rings. The zero-order valence-corrected chi connectivity index (χ0v) is 15.3. The summed E-state index contributed by atoms with van der Waals surface area (Å²) >= 11 is 0. The van der Waals surface area contributed by atoms with Crippen LogP contribution in [-0.4, -0.2) is 30.1 Å². The maximum atomic E-state index is 13.0. The number of rotatable bonds is 5. The molecule has 0 spiro atoms. The van der Waals surface area contributed by atoms with E-state index < -0.39 is 16.6 Å². The molecule has 0 atom stereocenters. The second kappa shape index (κ2) is 9.07. The Balaban J connectivity index is 1.80. The van der Waals surface area contributed by atoms with Gasteiger partial charge in [-0.1, -0.05) is 12.8 Å². The molecule has 28 heavy (non-hydrogen) atoms. The van der Waals surface area contributed by atoms with E-state index in [9.17, 15) is 19.3 Å². The maximum Gasteiger partial charge on any atom is 0.271 e. The van der Waals surface area contributed by atoms with Gasteiger partial charge in [0.1, 0.15) is 5.82 Å². The zero-order valence-electron chi connectivity index (χ0n) is 15.3. The van der Waals surface area contributed by atoms with Gasteiger partial charge in [-0.3, -0.25) is 14.9 Å². The molecule has 1 saturated heterocycles. The summed E-state index contributed by atoms with van der Waals surface area (Å²) in [5.74, 6) is -0.920. The van der Waals surface area contributed by atoms with E-state index in [1.165, 1.54) is 55.5 Å². The van der Waals surface area contributed by atoms with Gasteiger partial charge < -0.3 is 4.90 Å². The fraction of sp³-hybridized carbons (Fsp3) is 0.300. The molecule has 146 valence electrons. The Hall–Kier alpha value is -3.29. The fourth-order valence-corrected chi connectivity index (χ4v) is 3.18. The largest absolute Gasteiger partial charge is 0.371 e. The topological polar surface area (TPSA) is 87.8 Å². The number of carbonyl (C=O) groups excluding carboxylic acids is 1. The van der Waals surface area contributed by atoms with Gasteiger partial charge in [-0.2, -0.15) is 5.10 Å². The molecule has 0 bridgehead atoms. The second-order valence-corrected chi connectivity index (χ2v) is 6.61. The molecule has 0 radical (unpaired) electrons. The lowest BCUT2D eigenvalue weighted by Gasteiger charge is -2.24. The summed E-state index contributed by atoms with van der Waals surface area (Å²) in [7, 11) is 0. The van der Waals surface area contributed by atoms with Crippen LogP contribution in [0, 0.1) is 15.9 Å². The van der Waals surface area contributed by atoms with Crippen LogP contribution in [0.4, 0.5) is 15.8 Å². The van der Waals surface area contributed by atoms with E-state index in [0.717, 1.165) is 31.6 Å². The van der Waals surface area contributed by atoms with Crippen molar-refractivity contribution in [3.63, 3.8) is 0 Å². The molecule has 1 amide bonds. The van der Waals surface area contributed by atoms with Gasteiger partial charge in [-0.25, -0.2) is 9.82 Å². The first-order valence-corrected chi connectivity index (χ1v) is 9.17. The van der Waals surface area contributed by atoms with Crippen LogP contribution in [-0.2, 0) is 0 Å². The molecule has 1 heterocycles. The van der Waals surface area contributed by atoms with Gasteiger partial charge in [0.2, 0.25) is 0 Å². The van der Waals surface area contributed by atoms with Crippen molar-refractivity contribution in [1.82, 2.24) is 5.43 Å². The number of amides is 1. The molecule has 0 saturated carbocycles. The Morgan fingerprint density at radius 3 is 2.43 bits per heavy atom. The summed E-state index contributed by atoms with van der Waals surface area (Å²) < 4.78 is 13.0. The smallest absolute Gasteiger partial charge is 0.271 e. The number of hydrogen-bond donors (Lipinski definition) is 1. The molecule has 0 aliphatic carbocycles. The Morgan fingerprint density at radius 2 is 1.79 bits per heavy atom. The van der Waals surface area contributed by atoms with E-state index in [4.69, 9.17) is 0 Å². The van der Waals surface area contributed by atoms with Crippen molar-refractivity contribution in [3.05, 3.63) is 69.5 Å². The fourth-order valence-electron chi connectivity index (χ4n) is 3.18. The number of hydrazone groups is 1. The number of benzene rings is 2. The van der Waals surface area contributed by atoms with Crippen LogP contribution in [0.25, 0.3) is 0 Å². The van der Waals surface area contributed by atoms with Crippen LogP contribution in [0.2, 0.25) is 0 Å². The number of nitro groups is 1. The molecule has 0 unspecified atom stereocenters. The number of carbonyl (C=O) groups is 1. The second-order valence-electron chi connectivity index (χ2n) is 6.61. The minimum absolute atomic E-state index is 0.0371. The van der Waals surface area contributed by atoms with Gasteiger partial charge in [0.05, 0.1) is 11.1 Å². The number of hydrogen-bond acceptors (Lipinski definition) is 5. The van der Waals surface area contributed by atoms with Gasteiger partial charge in [0.15, 0.2) is 0 Å². The summed E-state index contributed by atoms with van der Waals surface area (Å²) in [6.07, 6.45) is 5.87. The normalized spacial score (nSPS) is 14.7. The summed E-state index contributed by atoms with van der Waals surface area (Å²) in [5, 5.41) is 15.1. The number of non-ortho nitro benzene ring substituents is 1. The number of nitro benzene ring substituents is 1. The average molecular weight is 384 g/mol. The van der Waals surface area contributed by atoms with Crippen LogP contribution in [0.15, 0.2) is 47.6 Å². The predicted octanol–water partition coefficient (Wildman–Crippen LogP) is 3.88. The average Bonchev–Trinajstić information content (AvgIpc) is 2.97. The van der Waals surface area contributed by atoms with Crippen LogP contribution >= 0.6 is 0 Å². The third-order valence-corrected chi connectivity index (χ3v) is 4.64. The van der Waals surface area contributed by atoms with Crippen LogP contribution < -0.4 is 10.3 Å². The monoisotopic (exact) mass is 384 g/mol. The third-order valence-electron chi connectivity index (χ3n) is 4.64. The standard InChI is InChI=1S/C20H21FN4O3/c21-17-7-5-15(6-8-17)20(26)23-22-14-16-13-18(25(27)28)9-10-19(16)24-11-3-1-2-4-12-24/h5-10,13-14H,1-4,11-12H2,(H,23,26)/b22-14-. The highest BCUT2D eigenvalue weighted by atomic mass is 19.1. The highest BCUT2D eigenvalue weighted by molar-refractivity contribution is 5.95. The molecule has 3 rings (SSSR count). The Kier molecular flexibility index (Phi) is 6.31. The third kappa shape index (κ3) is 4.91. The lowest BCUT2D eigenvalue weighted by Crippen LogP contribution is -2.25. The van der Waals surface area contributed by atoms with Crippen molar-refractivity contribution in [1.29, 1.82) is 0 Å². The first kappa shape index (κ1) is 19.5. The van der Waals surface area contributed by atoms with Gasteiger partial charge >= 0.3 is 0 Å². The van der Waals surface area contributed by atoms with Gasteiger partial charge in [-0.15, -0.1) is 0 Å². The Labute approximate surface area is 162 Å². The molecule has 1 fully saturated rings. The quantitative estimate of drug-likeness (QED) is 0.481. The molecule has 7 nitrogen and oxygen atoms in total. The van der Waals surface area contributed by atoms with Gasteiger partial charge in [-0.05, 0) is 43.2 Å². The highest BCUT2D eigenvalue weighted by Gasteiger charge is 2.16. The predicted molar refractivity (Wildman–Crippen MR) is 105 cm³/mol. The summed E-state index contributed by atoms with van der Waals surface area (Å²) in [4.78, 5) is 25.0. The summed E-state index contributed by atoms with van der Waals surface area (Å²) in [6, 6.07) is 9.76. The zero-order chi connectivity index (χ0) is 19.9. The molecule has 1 N–H and O–H groups in total. The van der Waals surface area contributed by atoms with Crippen molar-refractivity contribution >= 4 is 23.5 Å². The maximum absolute atomic E-state index is 13.0. The van der Waals surface area contributed by atoms with Crippen LogP contribution in [0.5, 0.6) is 0 Å². The Morgan fingerprint density at radius 1 is 1.11 bits per heavy atom. The van der Waals surface area contributed by atoms with Gasteiger partial charge in [0.25, 0.3) is 11.6 Å².